The predicted octanol–water partition coefficient (Wildman–Crippen LogP) is 9.06. The van der Waals surface area contributed by atoms with Gasteiger partial charge in [0.25, 0.3) is 0 Å². The Morgan fingerprint density at radius 2 is 1.47 bits per heavy atom. The number of halogens is 4. The number of aliphatic carboxylic acids is 1. The van der Waals surface area contributed by atoms with Gasteiger partial charge in [-0.1, -0.05) is 35.9 Å². The number of alkyl halides is 3. The molecule has 1 N–H and O–H groups in total. The first-order valence-corrected chi connectivity index (χ1v) is 11.9. The van der Waals surface area contributed by atoms with Crippen LogP contribution in [0.25, 0.3) is 0 Å². The summed E-state index contributed by atoms with van der Waals surface area (Å²) in [5.41, 5.74) is 0.880. The van der Waals surface area contributed by atoms with Gasteiger partial charge in [0, 0.05) is 17.5 Å². The molecule has 0 unspecified atom stereocenters. The monoisotopic (exact) mass is 542 g/mol. The van der Waals surface area contributed by atoms with E-state index in [-0.39, 0.29) is 28.7 Å². The van der Waals surface area contributed by atoms with Gasteiger partial charge in [-0.3, -0.25) is 4.79 Å². The summed E-state index contributed by atoms with van der Waals surface area (Å²) in [6, 6.07) is 21.3. The molecule has 4 rings (SSSR count). The maximum Gasteiger partial charge on any atom is 0.416 e. The average molecular weight is 543 g/mol. The number of benzene rings is 4. The zero-order valence-electron chi connectivity index (χ0n) is 20.1. The van der Waals surface area contributed by atoms with E-state index in [1.165, 1.54) is 12.1 Å². The first kappa shape index (κ1) is 26.9. The molecule has 4 aromatic rings. The Balaban J connectivity index is 1.59. The molecule has 0 radical (unpaired) electrons. The van der Waals surface area contributed by atoms with E-state index >= 15 is 0 Å². The number of aryl methyl sites for hydroxylation is 2. The second-order valence-electron chi connectivity index (χ2n) is 8.38. The molecule has 196 valence electrons. The zero-order chi connectivity index (χ0) is 27.3. The Bertz CT molecular complexity index is 1440. The molecule has 38 heavy (non-hydrogen) atoms. The lowest BCUT2D eigenvalue weighted by molar-refractivity contribution is -0.138. The molecule has 0 saturated carbocycles. The summed E-state index contributed by atoms with van der Waals surface area (Å²) in [7, 11) is 0. The van der Waals surface area contributed by atoms with Crippen LogP contribution in [0.4, 0.5) is 13.2 Å². The fourth-order valence-corrected chi connectivity index (χ4v) is 3.85. The highest BCUT2D eigenvalue weighted by atomic mass is 35.5. The van der Waals surface area contributed by atoms with E-state index in [9.17, 15) is 18.0 Å². The van der Waals surface area contributed by atoms with Gasteiger partial charge in [0.1, 0.15) is 23.0 Å². The van der Waals surface area contributed by atoms with Crippen molar-refractivity contribution in [3.8, 4) is 34.5 Å². The fourth-order valence-electron chi connectivity index (χ4n) is 3.64. The summed E-state index contributed by atoms with van der Waals surface area (Å²) in [6.07, 6.45) is -4.14. The van der Waals surface area contributed by atoms with Gasteiger partial charge in [0.05, 0.1) is 5.56 Å². The number of carbonyl (C=O) groups is 1. The minimum atomic E-state index is -4.56. The smallest absolute Gasteiger partial charge is 0.416 e. The van der Waals surface area contributed by atoms with E-state index in [0.717, 1.165) is 23.3 Å². The molecule has 0 aliphatic carbocycles. The molecule has 0 aromatic heterocycles. The van der Waals surface area contributed by atoms with Crippen LogP contribution in [-0.2, 0) is 17.4 Å². The Morgan fingerprint density at radius 3 is 2.13 bits per heavy atom. The van der Waals surface area contributed by atoms with Crippen LogP contribution in [0.5, 0.6) is 34.5 Å². The summed E-state index contributed by atoms with van der Waals surface area (Å²) in [4.78, 5) is 10.9. The van der Waals surface area contributed by atoms with Crippen LogP contribution in [0.3, 0.4) is 0 Å². The Labute approximate surface area is 222 Å². The molecular weight excluding hydrogens is 521 g/mol. The summed E-state index contributed by atoms with van der Waals surface area (Å²) in [5.74, 6) is 0.449. The van der Waals surface area contributed by atoms with E-state index < -0.39 is 17.7 Å². The second kappa shape index (κ2) is 11.5. The standard InChI is InChI=1S/C29H22ClF3O5/c1-18-13-23(10-7-19(18)8-12-28(34)35)36-24-15-21(30)16-25(17-24)38-26-11-9-20(29(31,32)33)14-27(26)37-22-5-3-2-4-6-22/h2-7,9-11,13-17H,8,12H2,1H3,(H,34,35). The number of para-hydroxylation sites is 1. The molecule has 0 saturated heterocycles. The second-order valence-corrected chi connectivity index (χ2v) is 8.82. The topological polar surface area (TPSA) is 65.0 Å². The highest BCUT2D eigenvalue weighted by Gasteiger charge is 2.31. The first-order chi connectivity index (χ1) is 18.1. The van der Waals surface area contributed by atoms with E-state index in [2.05, 4.69) is 0 Å². The maximum absolute atomic E-state index is 13.4. The normalized spacial score (nSPS) is 11.2. The molecule has 5 nitrogen and oxygen atoms in total. The van der Waals surface area contributed by atoms with E-state index in [1.54, 1.807) is 60.7 Å². The van der Waals surface area contributed by atoms with Crippen molar-refractivity contribution >= 4 is 17.6 Å². The van der Waals surface area contributed by atoms with Crippen molar-refractivity contribution in [2.75, 3.05) is 0 Å². The minimum Gasteiger partial charge on any atom is -0.481 e. The number of hydrogen-bond donors (Lipinski definition) is 1. The quantitative estimate of drug-likeness (QED) is 0.228. The van der Waals surface area contributed by atoms with Crippen molar-refractivity contribution in [3.05, 3.63) is 107 Å². The molecule has 0 spiro atoms. The first-order valence-electron chi connectivity index (χ1n) is 11.5. The fraction of sp³-hybridized carbons (Fsp3) is 0.138. The molecule has 0 atom stereocenters. The van der Waals surface area contributed by atoms with Gasteiger partial charge in [0.15, 0.2) is 11.5 Å². The van der Waals surface area contributed by atoms with E-state index in [0.29, 0.717) is 23.7 Å². The lowest BCUT2D eigenvalue weighted by Crippen LogP contribution is -2.05. The Kier molecular flexibility index (Phi) is 8.12. The number of carboxylic acid groups (broad SMARTS) is 1. The highest BCUT2D eigenvalue weighted by Crippen LogP contribution is 2.41. The third kappa shape index (κ3) is 7.20. The summed E-state index contributed by atoms with van der Waals surface area (Å²) >= 11 is 6.27. The van der Waals surface area contributed by atoms with Crippen LogP contribution in [0, 0.1) is 6.92 Å². The van der Waals surface area contributed by atoms with Crippen molar-refractivity contribution in [1.29, 1.82) is 0 Å². The van der Waals surface area contributed by atoms with Crippen LogP contribution >= 0.6 is 11.6 Å². The predicted molar refractivity (Wildman–Crippen MR) is 137 cm³/mol. The summed E-state index contributed by atoms with van der Waals surface area (Å²) in [6.45, 7) is 1.86. The Morgan fingerprint density at radius 1 is 0.789 bits per heavy atom. The van der Waals surface area contributed by atoms with Crippen LogP contribution in [0.1, 0.15) is 23.1 Å². The molecular formula is C29H22ClF3O5. The molecule has 0 amide bonds. The number of carboxylic acids is 1. The van der Waals surface area contributed by atoms with Gasteiger partial charge < -0.3 is 19.3 Å². The van der Waals surface area contributed by atoms with Crippen LogP contribution in [0.15, 0.2) is 84.9 Å². The van der Waals surface area contributed by atoms with Crippen LogP contribution < -0.4 is 14.2 Å². The molecule has 0 aliphatic heterocycles. The van der Waals surface area contributed by atoms with Crippen molar-refractivity contribution in [1.82, 2.24) is 0 Å². The van der Waals surface area contributed by atoms with Gasteiger partial charge in [0.2, 0.25) is 0 Å². The zero-order valence-corrected chi connectivity index (χ0v) is 20.8. The van der Waals surface area contributed by atoms with Gasteiger partial charge in [-0.15, -0.1) is 0 Å². The summed E-state index contributed by atoms with van der Waals surface area (Å²) in [5, 5.41) is 9.19. The highest BCUT2D eigenvalue weighted by molar-refractivity contribution is 6.30. The lowest BCUT2D eigenvalue weighted by atomic mass is 10.0. The summed E-state index contributed by atoms with van der Waals surface area (Å²) < 4.78 is 57.6. The van der Waals surface area contributed by atoms with E-state index in [1.807, 2.05) is 6.92 Å². The molecule has 0 aliphatic rings. The van der Waals surface area contributed by atoms with Gasteiger partial charge in [-0.25, -0.2) is 0 Å². The van der Waals surface area contributed by atoms with Crippen LogP contribution in [-0.4, -0.2) is 11.1 Å². The Hall–Kier alpha value is -4.17. The number of hydrogen-bond acceptors (Lipinski definition) is 4. The number of rotatable bonds is 9. The van der Waals surface area contributed by atoms with Crippen molar-refractivity contribution in [3.63, 3.8) is 0 Å². The minimum absolute atomic E-state index is 0.0238. The average Bonchev–Trinajstić information content (AvgIpc) is 2.84. The molecule has 9 heteroatoms. The van der Waals surface area contributed by atoms with Crippen molar-refractivity contribution in [2.24, 2.45) is 0 Å². The SMILES string of the molecule is Cc1cc(Oc2cc(Cl)cc(Oc3ccc(C(F)(F)F)cc3Oc3ccccc3)c2)ccc1CCC(=O)O. The van der Waals surface area contributed by atoms with Gasteiger partial charge in [-0.2, -0.15) is 13.2 Å². The molecule has 4 aromatic carbocycles. The third-order valence-electron chi connectivity index (χ3n) is 5.47. The molecule has 0 fully saturated rings. The van der Waals surface area contributed by atoms with Gasteiger partial charge >= 0.3 is 12.1 Å². The van der Waals surface area contributed by atoms with Crippen LogP contribution in [0.2, 0.25) is 5.02 Å². The maximum atomic E-state index is 13.4. The largest absolute Gasteiger partial charge is 0.481 e. The molecule has 0 bridgehead atoms. The number of ether oxygens (including phenoxy) is 3. The van der Waals surface area contributed by atoms with Crippen molar-refractivity contribution < 1.29 is 37.3 Å². The molecule has 0 heterocycles. The van der Waals surface area contributed by atoms with Gasteiger partial charge in [-0.05, 0) is 79.1 Å². The third-order valence-corrected chi connectivity index (χ3v) is 5.69. The van der Waals surface area contributed by atoms with E-state index in [4.69, 9.17) is 30.9 Å². The lowest BCUT2D eigenvalue weighted by Gasteiger charge is -2.16. The van der Waals surface area contributed by atoms with Crippen molar-refractivity contribution in [2.45, 2.75) is 25.9 Å².